The van der Waals surface area contributed by atoms with E-state index in [2.05, 4.69) is 14.8 Å². The fraction of sp³-hybridized carbons (Fsp3) is 0.400. The minimum absolute atomic E-state index is 0.150. The summed E-state index contributed by atoms with van der Waals surface area (Å²) in [6, 6.07) is 7.42. The van der Waals surface area contributed by atoms with Crippen molar-refractivity contribution in [3.63, 3.8) is 0 Å². The lowest BCUT2D eigenvalue weighted by molar-refractivity contribution is -0.137. The predicted octanol–water partition coefficient (Wildman–Crippen LogP) is 5.37. The van der Waals surface area contributed by atoms with Crippen LogP contribution in [0.15, 0.2) is 29.2 Å². The van der Waals surface area contributed by atoms with Crippen LogP contribution in [0.3, 0.4) is 0 Å². The lowest BCUT2D eigenvalue weighted by Crippen LogP contribution is -2.21. The van der Waals surface area contributed by atoms with Gasteiger partial charge in [0.25, 0.3) is 0 Å². The number of benzene rings is 1. The molecule has 0 radical (unpaired) electrons. The summed E-state index contributed by atoms with van der Waals surface area (Å²) in [5.74, 6) is -0.0620. The molecule has 1 atom stereocenters. The van der Waals surface area contributed by atoms with Crippen LogP contribution in [0.5, 0.6) is 0 Å². The highest BCUT2D eigenvalue weighted by Crippen LogP contribution is 2.46. The number of pyridine rings is 1. The molecule has 1 aromatic heterocycles. The summed E-state index contributed by atoms with van der Waals surface area (Å²) in [7, 11) is -2.72. The molecular weight excluding hydrogens is 464 g/mol. The fourth-order valence-corrected chi connectivity index (χ4v) is 4.76. The van der Waals surface area contributed by atoms with E-state index in [9.17, 15) is 27.9 Å². The van der Waals surface area contributed by atoms with Gasteiger partial charge in [0, 0.05) is 25.1 Å². The molecule has 1 aliphatic rings. The van der Waals surface area contributed by atoms with Crippen molar-refractivity contribution in [1.29, 1.82) is 5.26 Å². The Morgan fingerprint density at radius 2 is 2.03 bits per heavy atom. The SMILES string of the molecule is COP(=O)(O)Cc1ccc(SC)c(Nc2nc(N3CCCC3)cc(C(F)(F)F)c2C#N)c1. The number of alkyl halides is 3. The topological polar surface area (TPSA) is 98.5 Å². The maximum atomic E-state index is 13.8. The van der Waals surface area contributed by atoms with Crippen LogP contribution in [-0.2, 0) is 21.4 Å². The van der Waals surface area contributed by atoms with Crippen molar-refractivity contribution < 1.29 is 27.2 Å². The van der Waals surface area contributed by atoms with E-state index in [1.807, 2.05) is 0 Å². The largest absolute Gasteiger partial charge is 0.417 e. The highest BCUT2D eigenvalue weighted by molar-refractivity contribution is 7.98. The first-order chi connectivity index (χ1) is 15.1. The van der Waals surface area contributed by atoms with Gasteiger partial charge in [-0.25, -0.2) is 4.98 Å². The third-order valence-electron chi connectivity index (χ3n) is 5.04. The zero-order valence-corrected chi connectivity index (χ0v) is 19.2. The average molecular weight is 486 g/mol. The molecule has 0 bridgehead atoms. The lowest BCUT2D eigenvalue weighted by atomic mass is 10.1. The summed E-state index contributed by atoms with van der Waals surface area (Å²) in [6.45, 7) is 1.17. The normalized spacial score (nSPS) is 16.0. The first-order valence-electron chi connectivity index (χ1n) is 9.66. The van der Waals surface area contributed by atoms with Gasteiger partial charge in [0.05, 0.1) is 17.4 Å². The molecule has 172 valence electrons. The molecule has 1 fully saturated rings. The zero-order valence-electron chi connectivity index (χ0n) is 17.4. The number of anilines is 3. The van der Waals surface area contributed by atoms with Crippen molar-refractivity contribution in [2.24, 2.45) is 0 Å². The molecule has 7 nitrogen and oxygen atoms in total. The molecule has 1 aliphatic heterocycles. The van der Waals surface area contributed by atoms with E-state index in [4.69, 9.17) is 0 Å². The molecule has 0 spiro atoms. The van der Waals surface area contributed by atoms with Crippen LogP contribution < -0.4 is 10.2 Å². The fourth-order valence-electron chi connectivity index (χ4n) is 3.44. The second-order valence-corrected chi connectivity index (χ2v) is 10.00. The van der Waals surface area contributed by atoms with Crippen LogP contribution in [0.2, 0.25) is 0 Å². The van der Waals surface area contributed by atoms with Crippen molar-refractivity contribution in [1.82, 2.24) is 4.98 Å². The molecule has 1 unspecified atom stereocenters. The van der Waals surface area contributed by atoms with Gasteiger partial charge in [-0.2, -0.15) is 18.4 Å². The Balaban J connectivity index is 2.10. The van der Waals surface area contributed by atoms with Crippen LogP contribution in [0.1, 0.15) is 29.5 Å². The quantitative estimate of drug-likeness (QED) is 0.398. The van der Waals surface area contributed by atoms with Gasteiger partial charge >= 0.3 is 13.8 Å². The predicted molar refractivity (Wildman–Crippen MR) is 117 cm³/mol. The van der Waals surface area contributed by atoms with Crippen LogP contribution >= 0.6 is 19.4 Å². The van der Waals surface area contributed by atoms with Crippen molar-refractivity contribution in [2.45, 2.75) is 30.1 Å². The lowest BCUT2D eigenvalue weighted by Gasteiger charge is -2.22. The molecule has 32 heavy (non-hydrogen) atoms. The highest BCUT2D eigenvalue weighted by Gasteiger charge is 2.37. The number of nitrogens with zero attached hydrogens (tertiary/aromatic N) is 3. The highest BCUT2D eigenvalue weighted by atomic mass is 32.2. The molecule has 12 heteroatoms. The summed E-state index contributed by atoms with van der Waals surface area (Å²) in [6.07, 6.45) is -1.51. The van der Waals surface area contributed by atoms with Gasteiger partial charge in [-0.1, -0.05) is 6.07 Å². The molecule has 0 amide bonds. The van der Waals surface area contributed by atoms with E-state index in [1.54, 1.807) is 35.4 Å². The summed E-state index contributed by atoms with van der Waals surface area (Å²) >= 11 is 1.33. The number of aromatic nitrogens is 1. The molecule has 1 aromatic carbocycles. The van der Waals surface area contributed by atoms with E-state index in [1.165, 1.54) is 11.8 Å². The summed E-state index contributed by atoms with van der Waals surface area (Å²) in [5.41, 5.74) is -0.840. The molecular formula is C20H22F3N4O3PS. The van der Waals surface area contributed by atoms with Crippen molar-refractivity contribution in [2.75, 3.05) is 36.7 Å². The molecule has 3 rings (SSSR count). The van der Waals surface area contributed by atoms with Crippen molar-refractivity contribution in [3.05, 3.63) is 41.0 Å². The summed E-state index contributed by atoms with van der Waals surface area (Å²) < 4.78 is 57.8. The monoisotopic (exact) mass is 486 g/mol. The third kappa shape index (κ3) is 5.56. The maximum Gasteiger partial charge on any atom is 0.417 e. The Kier molecular flexibility index (Phi) is 7.40. The molecule has 0 aliphatic carbocycles. The zero-order chi connectivity index (χ0) is 23.5. The first kappa shape index (κ1) is 24.4. The minimum atomic E-state index is -4.73. The van der Waals surface area contributed by atoms with Gasteiger partial charge in [0.1, 0.15) is 17.5 Å². The van der Waals surface area contributed by atoms with Crippen LogP contribution in [0.4, 0.5) is 30.5 Å². The number of nitrogens with one attached hydrogen (secondary N) is 1. The molecule has 2 N–H and O–H groups in total. The second-order valence-electron chi connectivity index (χ2n) is 7.19. The van der Waals surface area contributed by atoms with E-state index in [0.29, 0.717) is 29.2 Å². The van der Waals surface area contributed by atoms with Gasteiger partial charge in [0.15, 0.2) is 5.82 Å². The summed E-state index contributed by atoms with van der Waals surface area (Å²) in [5, 5.41) is 12.4. The Hall–Kier alpha value is -2.25. The smallest absolute Gasteiger partial charge is 0.357 e. The number of nitriles is 1. The van der Waals surface area contributed by atoms with Gasteiger partial charge in [-0.05, 0) is 42.9 Å². The standard InChI is InChI=1S/C20H22F3N4O3PS/c1-30-31(28,29)12-13-5-6-17(32-2)16(9-13)25-19-14(11-24)15(20(21,22)23)10-18(26-19)27-7-3-4-8-27/h5-6,9-10H,3-4,7-8,12H2,1-2H3,(H,25,26)(H,28,29). The van der Waals surface area contributed by atoms with Crippen molar-refractivity contribution in [3.8, 4) is 6.07 Å². The number of rotatable bonds is 7. The Morgan fingerprint density at radius 3 is 2.59 bits per heavy atom. The van der Waals surface area contributed by atoms with Crippen LogP contribution in [0, 0.1) is 11.3 Å². The van der Waals surface area contributed by atoms with Gasteiger partial charge < -0.3 is 19.6 Å². The molecule has 1 saturated heterocycles. The average Bonchev–Trinajstić information content (AvgIpc) is 3.27. The van der Waals surface area contributed by atoms with Gasteiger partial charge in [0.2, 0.25) is 0 Å². The molecule has 2 aromatic rings. The number of hydrogen-bond donors (Lipinski definition) is 2. The van der Waals surface area contributed by atoms with Gasteiger partial charge in [-0.3, -0.25) is 4.57 Å². The van der Waals surface area contributed by atoms with Crippen LogP contribution in [-0.4, -0.2) is 36.3 Å². The second kappa shape index (κ2) is 9.71. The Bertz CT molecular complexity index is 1080. The van der Waals surface area contributed by atoms with Crippen molar-refractivity contribution >= 4 is 36.7 Å². The number of halogens is 3. The van der Waals surface area contributed by atoms with E-state index in [-0.39, 0.29) is 17.8 Å². The first-order valence-corrected chi connectivity index (χ1v) is 12.7. The van der Waals surface area contributed by atoms with E-state index >= 15 is 0 Å². The van der Waals surface area contributed by atoms with Gasteiger partial charge in [-0.15, -0.1) is 11.8 Å². The third-order valence-corrected chi connectivity index (χ3v) is 7.17. The summed E-state index contributed by atoms with van der Waals surface area (Å²) in [4.78, 5) is 16.5. The van der Waals surface area contributed by atoms with E-state index < -0.39 is 24.9 Å². The Labute approximate surface area is 188 Å². The Morgan fingerprint density at radius 1 is 1.34 bits per heavy atom. The minimum Gasteiger partial charge on any atom is -0.357 e. The number of hydrogen-bond acceptors (Lipinski definition) is 7. The maximum absolute atomic E-state index is 13.8. The number of thioether (sulfide) groups is 1. The molecule has 0 saturated carbocycles. The van der Waals surface area contributed by atoms with Crippen LogP contribution in [0.25, 0.3) is 0 Å². The molecule has 2 heterocycles. The van der Waals surface area contributed by atoms with E-state index in [0.717, 1.165) is 26.0 Å².